The van der Waals surface area contributed by atoms with Crippen LogP contribution in [-0.2, 0) is 0 Å². The summed E-state index contributed by atoms with van der Waals surface area (Å²) in [6, 6.07) is 61.3. The minimum Gasteiger partial charge on any atom is -0.456 e. The van der Waals surface area contributed by atoms with Gasteiger partial charge in [-0.25, -0.2) is 0 Å². The smallest absolute Gasteiger partial charge is 0.263 e. The van der Waals surface area contributed by atoms with Gasteiger partial charge in [0.1, 0.15) is 11.2 Å². The van der Waals surface area contributed by atoms with E-state index in [1.165, 1.54) is 32.3 Å². The molecule has 0 unspecified atom stereocenters. The minimum absolute atomic E-state index is 0.0353. The Morgan fingerprint density at radius 2 is 0.904 bits per heavy atom. The van der Waals surface area contributed by atoms with E-state index in [4.69, 9.17) is 4.42 Å². The average Bonchev–Trinajstić information content (AvgIpc) is 3.60. The maximum Gasteiger partial charge on any atom is 0.263 e. The van der Waals surface area contributed by atoms with E-state index in [0.29, 0.717) is 5.39 Å². The van der Waals surface area contributed by atoms with Gasteiger partial charge < -0.3 is 4.42 Å². The summed E-state index contributed by atoms with van der Waals surface area (Å²) in [6.07, 6.45) is 0. The number of para-hydroxylation sites is 1. The lowest BCUT2D eigenvalue weighted by atomic mass is 9.92. The van der Waals surface area contributed by atoms with Crippen molar-refractivity contribution in [2.45, 2.75) is 0 Å². The number of pyridine rings is 1. The lowest BCUT2D eigenvalue weighted by molar-refractivity contribution is 0.669. The topological polar surface area (TPSA) is 35.1 Å². The van der Waals surface area contributed by atoms with Gasteiger partial charge in [0.15, 0.2) is 0 Å². The molecule has 0 bridgehead atoms. The molecule has 3 nitrogen and oxygen atoms in total. The Bertz CT molecular complexity index is 3290. The summed E-state index contributed by atoms with van der Waals surface area (Å²) in [5.41, 5.74) is 7.73. The number of fused-ring (bicyclic) bond motifs is 12. The maximum atomic E-state index is 14.4. The van der Waals surface area contributed by atoms with E-state index < -0.39 is 0 Å². The van der Waals surface area contributed by atoms with Crippen LogP contribution < -0.4 is 5.56 Å². The molecular weight excluding hydrogens is 635 g/mol. The summed E-state index contributed by atoms with van der Waals surface area (Å²) in [4.78, 5) is 14.4. The van der Waals surface area contributed by atoms with Crippen LogP contribution in [0.4, 0.5) is 0 Å². The molecule has 0 aliphatic carbocycles. The van der Waals surface area contributed by atoms with Crippen LogP contribution in [0.15, 0.2) is 185 Å². The highest BCUT2D eigenvalue weighted by Gasteiger charge is 2.17. The molecule has 0 aliphatic heterocycles. The quantitative estimate of drug-likeness (QED) is 0.176. The molecule has 9 aromatic carbocycles. The van der Waals surface area contributed by atoms with Gasteiger partial charge in [-0.3, -0.25) is 9.36 Å². The first-order chi connectivity index (χ1) is 25.7. The second-order valence-corrected chi connectivity index (χ2v) is 13.6. The SMILES string of the molecule is O=c1c2ccccc2c2cc(-c3cccc4oc5ccccc5c34)ccc2n1-c1cccc(-c2ccc3c4ccccc4c4ccccc4c3c2)c1. The van der Waals surface area contributed by atoms with Gasteiger partial charge in [-0.05, 0) is 108 Å². The van der Waals surface area contributed by atoms with Gasteiger partial charge in [0.2, 0.25) is 0 Å². The number of hydrogen-bond acceptors (Lipinski definition) is 2. The minimum atomic E-state index is -0.0353. The lowest BCUT2D eigenvalue weighted by Gasteiger charge is -2.16. The molecule has 2 heterocycles. The van der Waals surface area contributed by atoms with Crippen molar-refractivity contribution in [3.05, 3.63) is 186 Å². The Labute approximate surface area is 298 Å². The fraction of sp³-hybridized carbons (Fsp3) is 0. The van der Waals surface area contributed by atoms with Crippen LogP contribution in [0, 0.1) is 0 Å². The molecule has 0 radical (unpaired) electrons. The molecule has 0 atom stereocenters. The maximum absolute atomic E-state index is 14.4. The third-order valence-corrected chi connectivity index (χ3v) is 10.8. The molecule has 0 spiro atoms. The van der Waals surface area contributed by atoms with Crippen LogP contribution in [0.5, 0.6) is 0 Å². The van der Waals surface area contributed by atoms with E-state index in [1.54, 1.807) is 0 Å². The normalized spacial score (nSPS) is 11.9. The first-order valence-corrected chi connectivity index (χ1v) is 17.6. The van der Waals surface area contributed by atoms with Crippen LogP contribution in [0.3, 0.4) is 0 Å². The number of furan rings is 1. The Kier molecular flexibility index (Phi) is 6.11. The van der Waals surface area contributed by atoms with Gasteiger partial charge in [-0.1, -0.05) is 127 Å². The molecule has 0 saturated carbocycles. The Morgan fingerprint density at radius 3 is 1.65 bits per heavy atom. The van der Waals surface area contributed by atoms with E-state index >= 15 is 0 Å². The van der Waals surface area contributed by atoms with Crippen LogP contribution in [0.2, 0.25) is 0 Å². The average molecular weight is 664 g/mol. The van der Waals surface area contributed by atoms with Gasteiger partial charge in [0.05, 0.1) is 5.52 Å². The highest BCUT2D eigenvalue weighted by Crippen LogP contribution is 2.40. The molecule has 0 fully saturated rings. The Morgan fingerprint density at radius 1 is 0.365 bits per heavy atom. The largest absolute Gasteiger partial charge is 0.456 e. The summed E-state index contributed by atoms with van der Waals surface area (Å²) < 4.78 is 8.11. The first-order valence-electron chi connectivity index (χ1n) is 17.6. The number of benzene rings is 9. The van der Waals surface area contributed by atoms with Gasteiger partial charge in [0, 0.05) is 27.2 Å². The van der Waals surface area contributed by atoms with E-state index in [-0.39, 0.29) is 5.56 Å². The second-order valence-electron chi connectivity index (χ2n) is 13.6. The highest BCUT2D eigenvalue weighted by atomic mass is 16.3. The fourth-order valence-electron chi connectivity index (χ4n) is 8.43. The van der Waals surface area contributed by atoms with E-state index in [1.807, 2.05) is 53.1 Å². The van der Waals surface area contributed by atoms with Gasteiger partial charge in [0.25, 0.3) is 5.56 Å². The summed E-state index contributed by atoms with van der Waals surface area (Å²) in [7, 11) is 0. The molecule has 11 aromatic rings. The standard InChI is InChI=1S/C49H29NO2/c51-49-41-18-6-5-17-39(41)44-29-32(34-20-10-22-47-48(34)42-19-7-8-21-46(42)52-47)24-26-45(44)50(49)33-12-9-11-30(27-33)31-23-25-40-37-15-2-1-13-35(37)36-14-3-4-16-38(36)43(40)28-31/h1-29H. The molecule has 0 amide bonds. The van der Waals surface area contributed by atoms with Crippen molar-refractivity contribution in [1.29, 1.82) is 0 Å². The Hall–Kier alpha value is -6.97. The molecule has 52 heavy (non-hydrogen) atoms. The summed E-state index contributed by atoms with van der Waals surface area (Å²) in [5.74, 6) is 0. The molecule has 242 valence electrons. The monoisotopic (exact) mass is 663 g/mol. The third kappa shape index (κ3) is 4.17. The summed E-state index contributed by atoms with van der Waals surface area (Å²) >= 11 is 0. The van der Waals surface area contributed by atoms with Crippen molar-refractivity contribution in [1.82, 2.24) is 4.57 Å². The number of rotatable bonds is 3. The zero-order chi connectivity index (χ0) is 34.3. The van der Waals surface area contributed by atoms with Crippen molar-refractivity contribution in [3.63, 3.8) is 0 Å². The van der Waals surface area contributed by atoms with E-state index in [2.05, 4.69) is 127 Å². The predicted octanol–water partition coefficient (Wildman–Crippen LogP) is 12.8. The van der Waals surface area contributed by atoms with Crippen LogP contribution in [0.25, 0.3) is 104 Å². The molecule has 0 N–H and O–H groups in total. The molecule has 2 aromatic heterocycles. The van der Waals surface area contributed by atoms with Crippen LogP contribution in [-0.4, -0.2) is 4.57 Å². The van der Waals surface area contributed by atoms with Gasteiger partial charge in [-0.15, -0.1) is 0 Å². The van der Waals surface area contributed by atoms with Crippen molar-refractivity contribution in [3.8, 4) is 27.9 Å². The summed E-state index contributed by atoms with van der Waals surface area (Å²) in [5, 5.41) is 12.3. The van der Waals surface area contributed by atoms with Crippen molar-refractivity contribution >= 4 is 75.9 Å². The highest BCUT2D eigenvalue weighted by molar-refractivity contribution is 6.25. The van der Waals surface area contributed by atoms with Crippen LogP contribution >= 0.6 is 0 Å². The third-order valence-electron chi connectivity index (χ3n) is 10.8. The predicted molar refractivity (Wildman–Crippen MR) is 218 cm³/mol. The fourth-order valence-corrected chi connectivity index (χ4v) is 8.43. The molecule has 3 heteroatoms. The molecule has 0 saturated heterocycles. The van der Waals surface area contributed by atoms with Crippen molar-refractivity contribution < 1.29 is 4.42 Å². The lowest BCUT2D eigenvalue weighted by Crippen LogP contribution is -2.19. The number of hydrogen-bond donors (Lipinski definition) is 0. The molecule has 11 rings (SSSR count). The van der Waals surface area contributed by atoms with Crippen LogP contribution in [0.1, 0.15) is 0 Å². The number of aromatic nitrogens is 1. The zero-order valence-corrected chi connectivity index (χ0v) is 28.0. The number of nitrogens with zero attached hydrogens (tertiary/aromatic N) is 1. The zero-order valence-electron chi connectivity index (χ0n) is 28.0. The first kappa shape index (κ1) is 28.8. The van der Waals surface area contributed by atoms with Gasteiger partial charge >= 0.3 is 0 Å². The Balaban J connectivity index is 1.12. The molecular formula is C49H29NO2. The van der Waals surface area contributed by atoms with Crippen molar-refractivity contribution in [2.24, 2.45) is 0 Å². The van der Waals surface area contributed by atoms with Crippen molar-refractivity contribution in [2.75, 3.05) is 0 Å². The van der Waals surface area contributed by atoms with E-state index in [0.717, 1.165) is 66.2 Å². The second kappa shape index (κ2) is 11.0. The molecule has 0 aliphatic rings. The van der Waals surface area contributed by atoms with Gasteiger partial charge in [-0.2, -0.15) is 0 Å². The summed E-state index contributed by atoms with van der Waals surface area (Å²) in [6.45, 7) is 0. The van der Waals surface area contributed by atoms with E-state index in [9.17, 15) is 4.79 Å².